The Morgan fingerprint density at radius 2 is 2.00 bits per heavy atom. The molecule has 0 amide bonds. The zero-order chi connectivity index (χ0) is 10.6. The largest absolute Gasteiger partial charge is 0.398 e. The zero-order valence-corrected chi connectivity index (χ0v) is 8.75. The molecule has 1 rings (SSSR count). The third-order valence-corrected chi connectivity index (χ3v) is 2.09. The van der Waals surface area contributed by atoms with Crippen LogP contribution in [0.4, 0.5) is 5.69 Å². The second-order valence-electron chi connectivity index (χ2n) is 3.62. The molecule has 0 radical (unpaired) electrons. The molecule has 0 aliphatic rings. The molecule has 14 heavy (non-hydrogen) atoms. The van der Waals surface area contributed by atoms with E-state index in [4.69, 9.17) is 11.1 Å². The molecule has 0 aromatic heterocycles. The van der Waals surface area contributed by atoms with E-state index >= 15 is 0 Å². The fourth-order valence-corrected chi connectivity index (χ4v) is 1.24. The Bertz CT molecular complexity index is 318. The van der Waals surface area contributed by atoms with Crippen LogP contribution in [0.1, 0.15) is 12.0 Å². The van der Waals surface area contributed by atoms with Crippen molar-refractivity contribution in [2.45, 2.75) is 6.42 Å². The van der Waals surface area contributed by atoms with Crippen molar-refractivity contribution in [1.82, 2.24) is 4.90 Å². The second-order valence-corrected chi connectivity index (χ2v) is 3.62. The number of anilines is 1. The highest BCUT2D eigenvalue weighted by Crippen LogP contribution is 2.12. The molecule has 0 saturated carbocycles. The van der Waals surface area contributed by atoms with Gasteiger partial charge < -0.3 is 16.0 Å². The third kappa shape index (κ3) is 2.85. The van der Waals surface area contributed by atoms with Crippen LogP contribution in [-0.2, 0) is 0 Å². The number of rotatable bonds is 4. The molecule has 1 aromatic carbocycles. The van der Waals surface area contributed by atoms with Gasteiger partial charge >= 0.3 is 0 Å². The van der Waals surface area contributed by atoms with E-state index in [0.29, 0.717) is 11.4 Å². The van der Waals surface area contributed by atoms with Crippen LogP contribution >= 0.6 is 0 Å². The van der Waals surface area contributed by atoms with E-state index < -0.39 is 0 Å². The van der Waals surface area contributed by atoms with Gasteiger partial charge in [0.25, 0.3) is 0 Å². The predicted octanol–water partition coefficient (Wildman–Crippen LogP) is 1.59. The summed E-state index contributed by atoms with van der Waals surface area (Å²) in [5.74, 6) is 0. The molecule has 0 aliphatic heterocycles. The lowest BCUT2D eigenvalue weighted by Crippen LogP contribution is -2.17. The molecule has 0 aliphatic carbocycles. The molecule has 0 bridgehead atoms. The van der Waals surface area contributed by atoms with Gasteiger partial charge in [-0.2, -0.15) is 0 Å². The monoisotopic (exact) mass is 191 g/mol. The van der Waals surface area contributed by atoms with Gasteiger partial charge in [0.05, 0.1) is 0 Å². The summed E-state index contributed by atoms with van der Waals surface area (Å²) in [5, 5.41) is 7.86. The first-order valence-corrected chi connectivity index (χ1v) is 4.68. The molecule has 3 heteroatoms. The number of nitrogens with one attached hydrogen (secondary N) is 1. The minimum Gasteiger partial charge on any atom is -0.398 e. The van der Waals surface area contributed by atoms with Crippen molar-refractivity contribution in [3.05, 3.63) is 29.8 Å². The smallest absolute Gasteiger partial charge is 0.0419 e. The summed E-state index contributed by atoms with van der Waals surface area (Å²) in [7, 11) is 4.00. The van der Waals surface area contributed by atoms with Crippen molar-refractivity contribution in [1.29, 1.82) is 5.41 Å². The van der Waals surface area contributed by atoms with Gasteiger partial charge in [-0.15, -0.1) is 0 Å². The fraction of sp³-hybridized carbons (Fsp3) is 0.364. The van der Waals surface area contributed by atoms with Crippen molar-refractivity contribution in [2.24, 2.45) is 0 Å². The van der Waals surface area contributed by atoms with Gasteiger partial charge in [0.2, 0.25) is 0 Å². The number of hydrogen-bond donors (Lipinski definition) is 2. The highest BCUT2D eigenvalue weighted by atomic mass is 15.0. The summed E-state index contributed by atoms with van der Waals surface area (Å²) in [6.45, 7) is 0.882. The van der Waals surface area contributed by atoms with Crippen LogP contribution in [-0.4, -0.2) is 31.3 Å². The van der Waals surface area contributed by atoms with Crippen LogP contribution in [0, 0.1) is 5.41 Å². The second kappa shape index (κ2) is 4.77. The summed E-state index contributed by atoms with van der Waals surface area (Å²) in [6.07, 6.45) is 0.737. The standard InChI is InChI=1S/C11H17N3/c1-14(2)8-7-11(13)9-5-3-4-6-10(9)12/h3-6,13H,7-8,12H2,1-2H3. The lowest BCUT2D eigenvalue weighted by molar-refractivity contribution is 0.422. The molecule has 0 saturated heterocycles. The van der Waals surface area contributed by atoms with Gasteiger partial charge in [0, 0.05) is 29.9 Å². The Labute approximate surface area is 85.0 Å². The topological polar surface area (TPSA) is 53.1 Å². The van der Waals surface area contributed by atoms with E-state index in [0.717, 1.165) is 18.5 Å². The van der Waals surface area contributed by atoms with Crippen LogP contribution in [0.3, 0.4) is 0 Å². The Hall–Kier alpha value is -1.35. The van der Waals surface area contributed by atoms with Crippen LogP contribution in [0.5, 0.6) is 0 Å². The maximum atomic E-state index is 7.86. The van der Waals surface area contributed by atoms with Crippen LogP contribution in [0.25, 0.3) is 0 Å². The van der Waals surface area contributed by atoms with E-state index in [1.54, 1.807) is 0 Å². The van der Waals surface area contributed by atoms with E-state index in [2.05, 4.69) is 4.90 Å². The minimum atomic E-state index is 0.608. The van der Waals surface area contributed by atoms with Gasteiger partial charge in [0.15, 0.2) is 0 Å². The van der Waals surface area contributed by atoms with E-state index in [9.17, 15) is 0 Å². The Morgan fingerprint density at radius 1 is 1.36 bits per heavy atom. The molecular formula is C11H17N3. The molecule has 76 valence electrons. The van der Waals surface area contributed by atoms with Crippen molar-refractivity contribution in [2.75, 3.05) is 26.4 Å². The zero-order valence-electron chi connectivity index (χ0n) is 8.75. The van der Waals surface area contributed by atoms with Gasteiger partial charge in [-0.3, -0.25) is 0 Å². The molecule has 0 atom stereocenters. The first-order chi connectivity index (χ1) is 6.61. The third-order valence-electron chi connectivity index (χ3n) is 2.09. The highest BCUT2D eigenvalue weighted by Gasteiger charge is 2.04. The average molecular weight is 191 g/mol. The molecular weight excluding hydrogens is 174 g/mol. The summed E-state index contributed by atoms with van der Waals surface area (Å²) in [4.78, 5) is 2.06. The van der Waals surface area contributed by atoms with Crippen LogP contribution in [0.2, 0.25) is 0 Å². The molecule has 0 heterocycles. The van der Waals surface area contributed by atoms with Crippen LogP contribution < -0.4 is 5.73 Å². The van der Waals surface area contributed by atoms with Gasteiger partial charge in [-0.05, 0) is 20.2 Å². The first kappa shape index (κ1) is 10.7. The number of nitrogens with two attached hydrogens (primary N) is 1. The van der Waals surface area contributed by atoms with Gasteiger partial charge in [-0.1, -0.05) is 18.2 Å². The van der Waals surface area contributed by atoms with Gasteiger partial charge in [0.1, 0.15) is 0 Å². The maximum Gasteiger partial charge on any atom is 0.0419 e. The SMILES string of the molecule is CN(C)CCC(=N)c1ccccc1N. The molecule has 3 nitrogen and oxygen atoms in total. The summed E-state index contributed by atoms with van der Waals surface area (Å²) in [6, 6.07) is 7.53. The average Bonchev–Trinajstić information content (AvgIpc) is 2.15. The number of nitrogens with zero attached hydrogens (tertiary/aromatic N) is 1. The van der Waals surface area contributed by atoms with Crippen molar-refractivity contribution in [3.63, 3.8) is 0 Å². The molecule has 0 unspecified atom stereocenters. The lowest BCUT2D eigenvalue weighted by Gasteiger charge is -2.11. The van der Waals surface area contributed by atoms with Crippen LogP contribution in [0.15, 0.2) is 24.3 Å². The number of hydrogen-bond acceptors (Lipinski definition) is 3. The number of nitrogen functional groups attached to an aromatic ring is 1. The minimum absolute atomic E-state index is 0.608. The van der Waals surface area contributed by atoms with E-state index in [-0.39, 0.29) is 0 Å². The van der Waals surface area contributed by atoms with Crippen molar-refractivity contribution in [3.8, 4) is 0 Å². The normalized spacial score (nSPS) is 10.5. The summed E-state index contributed by atoms with van der Waals surface area (Å²) in [5.41, 5.74) is 7.93. The number of para-hydroxylation sites is 1. The van der Waals surface area contributed by atoms with Gasteiger partial charge in [-0.25, -0.2) is 0 Å². The Kier molecular flexibility index (Phi) is 3.65. The fourth-order valence-electron chi connectivity index (χ4n) is 1.24. The maximum absolute atomic E-state index is 7.86. The molecule has 0 spiro atoms. The van der Waals surface area contributed by atoms with E-state index in [1.165, 1.54) is 0 Å². The summed E-state index contributed by atoms with van der Waals surface area (Å²) >= 11 is 0. The molecule has 0 fully saturated rings. The van der Waals surface area contributed by atoms with Crippen molar-refractivity contribution < 1.29 is 0 Å². The predicted molar refractivity (Wildman–Crippen MR) is 60.9 cm³/mol. The Morgan fingerprint density at radius 3 is 2.57 bits per heavy atom. The Balaban J connectivity index is 2.65. The molecule has 1 aromatic rings. The summed E-state index contributed by atoms with van der Waals surface area (Å²) < 4.78 is 0. The number of benzene rings is 1. The lowest BCUT2D eigenvalue weighted by atomic mass is 10.1. The first-order valence-electron chi connectivity index (χ1n) is 4.68. The van der Waals surface area contributed by atoms with E-state index in [1.807, 2.05) is 38.4 Å². The molecule has 3 N–H and O–H groups in total. The quantitative estimate of drug-likeness (QED) is 0.561. The highest BCUT2D eigenvalue weighted by molar-refractivity contribution is 6.02. The van der Waals surface area contributed by atoms with Crippen molar-refractivity contribution >= 4 is 11.4 Å².